The van der Waals surface area contributed by atoms with Gasteiger partial charge >= 0.3 is 8.25 Å². The molecule has 0 saturated heterocycles. The van der Waals surface area contributed by atoms with Gasteiger partial charge in [0.05, 0.1) is 7.11 Å². The fourth-order valence-corrected chi connectivity index (χ4v) is 1.70. The van der Waals surface area contributed by atoms with Crippen molar-refractivity contribution in [1.82, 2.24) is 0 Å². The Bertz CT molecular complexity index is 139. The zero-order valence-corrected chi connectivity index (χ0v) is 9.68. The molecule has 0 amide bonds. The Balaban J connectivity index is 3.56. The molecule has 0 heterocycles. The van der Waals surface area contributed by atoms with Gasteiger partial charge in [0.15, 0.2) is 0 Å². The van der Waals surface area contributed by atoms with Crippen molar-refractivity contribution >= 4 is 8.25 Å². The van der Waals surface area contributed by atoms with Crippen LogP contribution in [0.4, 0.5) is 0 Å². The van der Waals surface area contributed by atoms with Crippen LogP contribution in [-0.2, 0) is 13.6 Å². The monoisotopic (exact) mass is 207 g/mol. The zero-order chi connectivity index (χ0) is 10.1. The van der Waals surface area contributed by atoms with E-state index in [0.717, 1.165) is 19.3 Å². The van der Waals surface area contributed by atoms with Crippen LogP contribution in [0.5, 0.6) is 0 Å². The van der Waals surface area contributed by atoms with E-state index >= 15 is 0 Å². The van der Waals surface area contributed by atoms with Crippen molar-refractivity contribution in [3.8, 4) is 0 Å². The van der Waals surface area contributed by atoms with E-state index in [1.54, 1.807) is 0 Å². The van der Waals surface area contributed by atoms with E-state index in [9.17, 15) is 4.57 Å². The lowest BCUT2D eigenvalue weighted by Crippen LogP contribution is -2.07. The van der Waals surface area contributed by atoms with Crippen molar-refractivity contribution in [1.29, 1.82) is 0 Å². The minimum atomic E-state index is -1.89. The van der Waals surface area contributed by atoms with Crippen molar-refractivity contribution in [2.45, 2.75) is 52.1 Å². The van der Waals surface area contributed by atoms with E-state index in [0.29, 0.717) is 0 Å². The van der Waals surface area contributed by atoms with E-state index in [1.807, 2.05) is 6.92 Å². The third kappa shape index (κ3) is 7.12. The van der Waals surface area contributed by atoms with Gasteiger partial charge in [-0.25, -0.2) is 0 Å². The Kier molecular flexibility index (Phi) is 8.62. The minimum Gasteiger partial charge on any atom is -0.122 e. The summed E-state index contributed by atoms with van der Waals surface area (Å²) >= 11 is 0. The Morgan fingerprint density at radius 2 is 2.00 bits per heavy atom. The predicted octanol–water partition coefficient (Wildman–Crippen LogP) is 3.67. The summed E-state index contributed by atoms with van der Waals surface area (Å²) in [5, 5.41) is 0. The summed E-state index contributed by atoms with van der Waals surface area (Å²) in [7, 11) is -0.494. The molecule has 0 aliphatic carbocycles. The van der Waals surface area contributed by atoms with Crippen LogP contribution in [0.25, 0.3) is 0 Å². The number of hydrogen-bond donors (Lipinski definition) is 0. The summed E-state index contributed by atoms with van der Waals surface area (Å²) in [4.78, 5) is 0. The quantitative estimate of drug-likeness (QED) is 0.450. The first-order valence-electron chi connectivity index (χ1n) is 4.92. The summed E-state index contributed by atoms with van der Waals surface area (Å²) in [6.45, 7) is 4.20. The Hall–Kier alpha value is 0.0200. The molecule has 0 bridgehead atoms. The highest BCUT2D eigenvalue weighted by Gasteiger charge is 2.23. The van der Waals surface area contributed by atoms with E-state index in [4.69, 9.17) is 4.52 Å². The van der Waals surface area contributed by atoms with Crippen LogP contribution < -0.4 is 0 Å². The number of hydrogen-bond acceptors (Lipinski definition) is 3. The van der Waals surface area contributed by atoms with Gasteiger partial charge in [-0.1, -0.05) is 33.1 Å². The first-order valence-corrected chi connectivity index (χ1v) is 6.02. The van der Waals surface area contributed by atoms with Crippen LogP contribution >= 0.6 is 8.25 Å². The van der Waals surface area contributed by atoms with E-state index in [2.05, 4.69) is 11.4 Å². The highest BCUT2D eigenvalue weighted by atomic mass is 31.1. The lowest BCUT2D eigenvalue weighted by molar-refractivity contribution is 0.162. The molecule has 0 saturated carbocycles. The lowest BCUT2D eigenvalue weighted by Gasteiger charge is -2.06. The first-order chi connectivity index (χ1) is 6.24. The van der Waals surface area contributed by atoms with Crippen LogP contribution in [0, 0.1) is 0 Å². The molecule has 0 aliphatic rings. The summed E-state index contributed by atoms with van der Waals surface area (Å²) < 4.78 is 20.7. The zero-order valence-electron chi connectivity index (χ0n) is 8.78. The Morgan fingerprint density at radius 3 is 2.46 bits per heavy atom. The maximum atomic E-state index is 10.9. The Morgan fingerprint density at radius 1 is 1.31 bits per heavy atom. The maximum absolute atomic E-state index is 10.9. The molecular weight excluding hydrogens is 187 g/mol. The van der Waals surface area contributed by atoms with Gasteiger partial charge < -0.3 is 0 Å². The molecule has 4 heteroatoms. The SMILES string of the molecule is CCCCCC(CC)O[P+](=O)OC. The van der Waals surface area contributed by atoms with Crippen molar-refractivity contribution in [3.05, 3.63) is 0 Å². The molecule has 0 aromatic carbocycles. The van der Waals surface area contributed by atoms with Crippen LogP contribution in [0.2, 0.25) is 0 Å². The fourth-order valence-electron chi connectivity index (χ4n) is 1.12. The van der Waals surface area contributed by atoms with Crippen molar-refractivity contribution in [3.63, 3.8) is 0 Å². The molecule has 0 aromatic rings. The average molecular weight is 207 g/mol. The van der Waals surface area contributed by atoms with Crippen LogP contribution in [0.3, 0.4) is 0 Å². The van der Waals surface area contributed by atoms with Crippen molar-refractivity contribution < 1.29 is 13.6 Å². The second kappa shape index (κ2) is 8.61. The van der Waals surface area contributed by atoms with Crippen molar-refractivity contribution in [2.24, 2.45) is 0 Å². The van der Waals surface area contributed by atoms with Crippen LogP contribution in [-0.4, -0.2) is 13.2 Å². The van der Waals surface area contributed by atoms with Gasteiger partial charge in [0.2, 0.25) is 0 Å². The molecule has 0 aromatic heterocycles. The standard InChI is InChI=1S/C9H20O3P/c1-4-6-7-8-9(5-2)12-13(10)11-3/h9H,4-8H2,1-3H3/q+1. The third-order valence-corrected chi connectivity index (χ3v) is 2.74. The molecule has 0 spiro atoms. The fraction of sp³-hybridized carbons (Fsp3) is 1.00. The lowest BCUT2D eigenvalue weighted by atomic mass is 10.1. The van der Waals surface area contributed by atoms with Gasteiger partial charge in [-0.15, -0.1) is 9.05 Å². The van der Waals surface area contributed by atoms with E-state index in [-0.39, 0.29) is 6.10 Å². The first kappa shape index (κ1) is 13.0. The number of rotatable bonds is 8. The topological polar surface area (TPSA) is 35.5 Å². The van der Waals surface area contributed by atoms with Gasteiger partial charge in [-0.2, -0.15) is 0 Å². The molecule has 0 N–H and O–H groups in total. The average Bonchev–Trinajstić information content (AvgIpc) is 2.16. The second-order valence-corrected chi connectivity index (χ2v) is 4.06. The van der Waals surface area contributed by atoms with E-state index in [1.165, 1.54) is 20.0 Å². The minimum absolute atomic E-state index is 0.0927. The largest absolute Gasteiger partial charge is 0.697 e. The summed E-state index contributed by atoms with van der Waals surface area (Å²) in [5.41, 5.74) is 0. The van der Waals surface area contributed by atoms with Gasteiger partial charge in [0.25, 0.3) is 0 Å². The Labute approximate surface area is 81.8 Å². The molecule has 2 unspecified atom stereocenters. The van der Waals surface area contributed by atoms with Crippen molar-refractivity contribution in [2.75, 3.05) is 7.11 Å². The molecule has 0 aliphatic heterocycles. The molecule has 78 valence electrons. The van der Waals surface area contributed by atoms with E-state index < -0.39 is 8.25 Å². The molecular formula is C9H20O3P+. The van der Waals surface area contributed by atoms with Crippen LogP contribution in [0.1, 0.15) is 46.0 Å². The summed E-state index contributed by atoms with van der Waals surface area (Å²) in [6.07, 6.45) is 5.52. The molecule has 13 heavy (non-hydrogen) atoms. The summed E-state index contributed by atoms with van der Waals surface area (Å²) in [5.74, 6) is 0. The molecule has 0 rings (SSSR count). The van der Waals surface area contributed by atoms with Crippen LogP contribution in [0.15, 0.2) is 0 Å². The molecule has 2 atom stereocenters. The molecule has 3 nitrogen and oxygen atoms in total. The smallest absolute Gasteiger partial charge is 0.122 e. The second-order valence-electron chi connectivity index (χ2n) is 3.04. The molecule has 0 radical (unpaired) electrons. The predicted molar refractivity (Wildman–Crippen MR) is 53.9 cm³/mol. The van der Waals surface area contributed by atoms with Gasteiger partial charge in [-0.3, -0.25) is 0 Å². The highest BCUT2D eigenvalue weighted by Crippen LogP contribution is 2.27. The highest BCUT2D eigenvalue weighted by molar-refractivity contribution is 7.33. The van der Waals surface area contributed by atoms with Gasteiger partial charge in [0, 0.05) is 4.57 Å². The normalized spacial score (nSPS) is 14.2. The summed E-state index contributed by atoms with van der Waals surface area (Å²) in [6, 6.07) is 0. The number of unbranched alkanes of at least 4 members (excludes halogenated alkanes) is 2. The van der Waals surface area contributed by atoms with Gasteiger partial charge in [-0.05, 0) is 12.8 Å². The third-order valence-electron chi connectivity index (χ3n) is 1.97. The maximum Gasteiger partial charge on any atom is 0.697 e. The van der Waals surface area contributed by atoms with Gasteiger partial charge in [0.1, 0.15) is 6.10 Å². The molecule has 0 fully saturated rings.